The lowest BCUT2D eigenvalue weighted by molar-refractivity contribution is 0.590. The maximum atomic E-state index is 11.9. The number of aryl methyl sites for hydroxylation is 1. The van der Waals surface area contributed by atoms with E-state index >= 15 is 0 Å². The van der Waals surface area contributed by atoms with E-state index in [4.69, 9.17) is 10.2 Å². The van der Waals surface area contributed by atoms with Gasteiger partial charge in [0.25, 0.3) is 0 Å². The van der Waals surface area contributed by atoms with Gasteiger partial charge in [-0.05, 0) is 18.1 Å². The molecule has 5 rings (SSSR count). The van der Waals surface area contributed by atoms with Crippen LogP contribution in [0.2, 0.25) is 0 Å². The number of nitrogen functional groups attached to an aromatic ring is 1. The number of hydrogen-bond donors (Lipinski definition) is 1. The molecule has 0 fully saturated rings. The Kier molecular flexibility index (Phi) is 1.48. The minimum absolute atomic E-state index is 0.476. The highest BCUT2D eigenvalue weighted by molar-refractivity contribution is 8.06. The van der Waals surface area contributed by atoms with E-state index in [0.29, 0.717) is 17.1 Å². The second-order valence-corrected chi connectivity index (χ2v) is 7.06. The van der Waals surface area contributed by atoms with Crippen molar-refractivity contribution >= 4 is 29.1 Å². The molecule has 3 aliphatic heterocycles. The van der Waals surface area contributed by atoms with Gasteiger partial charge in [-0.1, -0.05) is 19.4 Å². The van der Waals surface area contributed by atoms with Crippen molar-refractivity contribution in [1.29, 1.82) is 0 Å². The first-order valence-corrected chi connectivity index (χ1v) is 7.43. The molecule has 17 heavy (non-hydrogen) atoms. The first kappa shape index (κ1) is 9.49. The third-order valence-corrected chi connectivity index (χ3v) is 5.94. The van der Waals surface area contributed by atoms with Gasteiger partial charge in [-0.3, -0.25) is 0 Å². The Labute approximate surface area is 98.2 Å². The second-order valence-electron chi connectivity index (χ2n) is 4.54. The predicted molar refractivity (Wildman–Crippen MR) is 66.9 cm³/mol. The highest BCUT2D eigenvalue weighted by Gasteiger charge is 2.74. The van der Waals surface area contributed by atoms with Crippen molar-refractivity contribution in [2.75, 3.05) is 5.73 Å². The van der Waals surface area contributed by atoms with Crippen LogP contribution < -0.4 is 21.8 Å². The number of nitrogens with two attached hydrogens (primary N) is 1. The van der Waals surface area contributed by atoms with E-state index in [1.165, 1.54) is 0 Å². The minimum Gasteiger partial charge on any atom is -0.449 e. The number of fused-ring (bicyclic) bond motifs is 1. The lowest BCUT2D eigenvalue weighted by Crippen LogP contribution is -2.01. The maximum absolute atomic E-state index is 11.9. The van der Waals surface area contributed by atoms with Crippen molar-refractivity contribution in [3.05, 3.63) is 17.7 Å². The van der Waals surface area contributed by atoms with Crippen molar-refractivity contribution in [3.63, 3.8) is 0 Å². The first-order valence-electron chi connectivity index (χ1n) is 5.72. The van der Waals surface area contributed by atoms with Crippen molar-refractivity contribution in [3.8, 4) is 11.5 Å². The molecular weight excluding hydrogens is 235 g/mol. The lowest BCUT2D eigenvalue weighted by Gasteiger charge is -2.05. The zero-order valence-corrected chi connectivity index (χ0v) is 10.3. The van der Waals surface area contributed by atoms with Gasteiger partial charge in [0.1, 0.15) is 11.5 Å². The summed E-state index contributed by atoms with van der Waals surface area (Å²) in [7, 11) is -2.16. The summed E-state index contributed by atoms with van der Waals surface area (Å²) in [5, 5.41) is 1.89. The number of aromatic nitrogens is 1. The van der Waals surface area contributed by atoms with Crippen LogP contribution in [0.1, 0.15) is 18.9 Å². The summed E-state index contributed by atoms with van der Waals surface area (Å²) >= 11 is 0. The number of hydrogen-bond acceptors (Lipinski definition) is 4. The first-order chi connectivity index (χ1) is 8.17. The maximum Gasteiger partial charge on any atom is 0.214 e. The van der Waals surface area contributed by atoms with Gasteiger partial charge in [-0.2, -0.15) is 0 Å². The Hall–Kier alpha value is -1.54. The molecule has 2 N–H and O–H groups in total. The Balaban J connectivity index is 1.89. The van der Waals surface area contributed by atoms with Crippen LogP contribution in [-0.2, 0) is 11.0 Å². The van der Waals surface area contributed by atoms with E-state index in [0.717, 1.165) is 34.7 Å². The minimum atomic E-state index is -2.16. The molecule has 0 radical (unpaired) electrons. The smallest absolute Gasteiger partial charge is 0.214 e. The fraction of sp³-hybridized carbons (Fsp3) is 0.250. The molecular formula is C12H11N2O2P. The molecule has 2 aromatic rings. The van der Waals surface area contributed by atoms with E-state index in [9.17, 15) is 4.57 Å². The molecule has 0 saturated heterocycles. The molecule has 0 aliphatic carbocycles. The van der Waals surface area contributed by atoms with Crippen LogP contribution in [0.25, 0.3) is 11.5 Å². The third kappa shape index (κ3) is 0.956. The Morgan fingerprint density at radius 1 is 1.41 bits per heavy atom. The standard InChI is InChI=1S/C12H11N2O2P/c1-2-3-6-4-5-7(13)14-8(6)9-10-11-12(16-9)17(10,11)15/h4-5H,2-3H2,1H3,(H2,13,14). The van der Waals surface area contributed by atoms with Crippen LogP contribution in [0.4, 0.5) is 5.82 Å². The molecule has 5 heteroatoms. The zero-order chi connectivity index (χ0) is 11.8. The number of pyridine rings is 1. The molecule has 2 aromatic heterocycles. The summed E-state index contributed by atoms with van der Waals surface area (Å²) in [5.74, 6) is 1.18. The van der Waals surface area contributed by atoms with Gasteiger partial charge in [0, 0.05) is 0 Å². The van der Waals surface area contributed by atoms with E-state index in [1.807, 2.05) is 6.07 Å². The normalized spacial score (nSPS) is 22.4. The average Bonchev–Trinajstić information content (AvgIpc) is 2.95. The number of furan rings is 1. The number of nitrogens with zero attached hydrogens (tertiary/aromatic N) is 1. The van der Waals surface area contributed by atoms with Gasteiger partial charge in [-0.25, -0.2) is 4.98 Å². The average molecular weight is 246 g/mol. The fourth-order valence-corrected chi connectivity index (χ4v) is 4.91. The summed E-state index contributed by atoms with van der Waals surface area (Å²) in [6.07, 6.45) is 1.96. The lowest BCUT2D eigenvalue weighted by atomic mass is 10.1. The van der Waals surface area contributed by atoms with E-state index in [2.05, 4.69) is 11.9 Å². The zero-order valence-electron chi connectivity index (χ0n) is 9.36. The van der Waals surface area contributed by atoms with Crippen molar-refractivity contribution < 1.29 is 8.98 Å². The third-order valence-electron chi connectivity index (χ3n) is 3.39. The van der Waals surface area contributed by atoms with E-state index in [1.54, 1.807) is 6.07 Å². The molecule has 1 unspecified atom stereocenters. The van der Waals surface area contributed by atoms with Crippen molar-refractivity contribution in [2.24, 2.45) is 0 Å². The van der Waals surface area contributed by atoms with E-state index < -0.39 is 7.14 Å². The van der Waals surface area contributed by atoms with Crippen LogP contribution in [-0.4, -0.2) is 4.98 Å². The molecule has 86 valence electrons. The monoisotopic (exact) mass is 246 g/mol. The summed E-state index contributed by atoms with van der Waals surface area (Å²) in [6.45, 7) is 2.12. The molecule has 0 amide bonds. The number of rotatable bonds is 3. The topological polar surface area (TPSA) is 69.1 Å². The van der Waals surface area contributed by atoms with Gasteiger partial charge >= 0.3 is 0 Å². The molecule has 0 saturated carbocycles. The second kappa shape index (κ2) is 2.65. The SMILES string of the molecule is CCCc1ccc(N)nc1-c1oc2c3c1P23=O. The summed E-state index contributed by atoms with van der Waals surface area (Å²) in [4.78, 5) is 4.34. The molecule has 0 aromatic carbocycles. The Morgan fingerprint density at radius 2 is 2.18 bits per heavy atom. The van der Waals surface area contributed by atoms with Gasteiger partial charge < -0.3 is 14.7 Å². The van der Waals surface area contributed by atoms with Crippen LogP contribution >= 0.6 is 7.14 Å². The quantitative estimate of drug-likeness (QED) is 0.550. The largest absolute Gasteiger partial charge is 0.449 e. The summed E-state index contributed by atoms with van der Waals surface area (Å²) in [5.41, 5.74) is 8.33. The molecule has 2 bridgehead atoms. The van der Waals surface area contributed by atoms with Crippen LogP contribution in [0.3, 0.4) is 0 Å². The highest BCUT2D eigenvalue weighted by atomic mass is 31.2. The van der Waals surface area contributed by atoms with Crippen molar-refractivity contribution in [2.45, 2.75) is 19.8 Å². The van der Waals surface area contributed by atoms with Gasteiger partial charge in [0.15, 0.2) is 11.3 Å². The van der Waals surface area contributed by atoms with Crippen LogP contribution in [0, 0.1) is 0 Å². The molecule has 0 spiro atoms. The Bertz CT molecular complexity index is 709. The van der Waals surface area contributed by atoms with Crippen LogP contribution in [0.5, 0.6) is 0 Å². The van der Waals surface area contributed by atoms with Gasteiger partial charge in [0.2, 0.25) is 7.14 Å². The molecule has 4 nitrogen and oxygen atoms in total. The number of anilines is 1. The molecule has 1 atom stereocenters. The van der Waals surface area contributed by atoms with E-state index in [-0.39, 0.29) is 0 Å². The van der Waals surface area contributed by atoms with Gasteiger partial charge in [0.05, 0.1) is 10.6 Å². The van der Waals surface area contributed by atoms with Crippen molar-refractivity contribution in [1.82, 2.24) is 4.98 Å². The summed E-state index contributed by atoms with van der Waals surface area (Å²) in [6, 6.07) is 3.78. The highest BCUT2D eigenvalue weighted by Crippen LogP contribution is 2.70. The molecule has 5 heterocycles. The Morgan fingerprint density at radius 3 is 2.76 bits per heavy atom. The summed E-state index contributed by atoms with van der Waals surface area (Å²) < 4.78 is 17.5. The van der Waals surface area contributed by atoms with Gasteiger partial charge in [-0.15, -0.1) is 0 Å². The predicted octanol–water partition coefficient (Wildman–Crippen LogP) is 1.14. The molecule has 3 aliphatic rings. The fourth-order valence-electron chi connectivity index (χ4n) is 2.43. The van der Waals surface area contributed by atoms with Crippen LogP contribution in [0.15, 0.2) is 16.5 Å².